The molecule has 0 amide bonds. The maximum absolute atomic E-state index is 13.6. The molecule has 5 heteroatoms. The minimum Gasteiger partial charge on any atom is -0.394 e. The molecule has 94 valence electrons. The second kappa shape index (κ2) is 4.68. The van der Waals surface area contributed by atoms with Crippen molar-refractivity contribution in [3.05, 3.63) is 34.9 Å². The smallest absolute Gasteiger partial charge is 0.131 e. The minimum atomic E-state index is -0.824. The lowest BCUT2D eigenvalue weighted by Gasteiger charge is -2.14. The molecule has 1 saturated heterocycles. The number of aryl methyl sites for hydroxylation is 1. The van der Waals surface area contributed by atoms with Crippen LogP contribution < -0.4 is 0 Å². The van der Waals surface area contributed by atoms with Gasteiger partial charge in [0.1, 0.15) is 17.7 Å². The Morgan fingerprint density at radius 2 is 2.06 bits per heavy atom. The standard InChI is InChI=1S/C12H14F2O3/c1-6-2-7(9(14)3-8(6)13)11-4-10(16)12(5-15)17-11/h2-3,10-12,15-16H,4-5H2,1H3/t10?,11-,12-/m1/s1. The molecule has 2 rings (SSSR count). The predicted octanol–water partition coefficient (Wildman–Crippen LogP) is 1.46. The van der Waals surface area contributed by atoms with Gasteiger partial charge in [-0.05, 0) is 18.6 Å². The SMILES string of the molecule is Cc1cc([C@H]2CC(O)[C@@H](CO)O2)c(F)cc1F. The van der Waals surface area contributed by atoms with Gasteiger partial charge in [0.05, 0.1) is 18.8 Å². The van der Waals surface area contributed by atoms with Crippen LogP contribution >= 0.6 is 0 Å². The maximum Gasteiger partial charge on any atom is 0.131 e. The van der Waals surface area contributed by atoms with Crippen molar-refractivity contribution >= 4 is 0 Å². The molecule has 0 aliphatic carbocycles. The van der Waals surface area contributed by atoms with E-state index >= 15 is 0 Å². The molecule has 0 spiro atoms. The van der Waals surface area contributed by atoms with Gasteiger partial charge in [0, 0.05) is 18.1 Å². The van der Waals surface area contributed by atoms with E-state index in [2.05, 4.69) is 0 Å². The summed E-state index contributed by atoms with van der Waals surface area (Å²) in [5.41, 5.74) is 0.547. The fourth-order valence-corrected chi connectivity index (χ4v) is 2.02. The minimum absolute atomic E-state index is 0.202. The Kier molecular flexibility index (Phi) is 3.42. The molecule has 0 aromatic heterocycles. The van der Waals surface area contributed by atoms with Gasteiger partial charge in [0.2, 0.25) is 0 Å². The third-order valence-electron chi connectivity index (χ3n) is 3.03. The summed E-state index contributed by atoms with van der Waals surface area (Å²) in [6.07, 6.45) is -1.96. The van der Waals surface area contributed by atoms with Crippen molar-refractivity contribution in [1.82, 2.24) is 0 Å². The van der Waals surface area contributed by atoms with E-state index in [-0.39, 0.29) is 18.6 Å². The zero-order chi connectivity index (χ0) is 12.6. The van der Waals surface area contributed by atoms with Crippen LogP contribution in [0.3, 0.4) is 0 Å². The van der Waals surface area contributed by atoms with Crippen LogP contribution in [-0.4, -0.2) is 29.0 Å². The number of benzene rings is 1. The number of rotatable bonds is 2. The van der Waals surface area contributed by atoms with Crippen molar-refractivity contribution in [3.63, 3.8) is 0 Å². The first-order valence-electron chi connectivity index (χ1n) is 5.43. The molecule has 1 aliphatic rings. The quantitative estimate of drug-likeness (QED) is 0.828. The van der Waals surface area contributed by atoms with E-state index in [0.717, 1.165) is 6.07 Å². The highest BCUT2D eigenvalue weighted by atomic mass is 19.1. The summed E-state index contributed by atoms with van der Waals surface area (Å²) in [5, 5.41) is 18.5. The van der Waals surface area contributed by atoms with Crippen LogP contribution in [0.5, 0.6) is 0 Å². The van der Waals surface area contributed by atoms with Crippen LogP contribution in [0.1, 0.15) is 23.7 Å². The number of halogens is 2. The van der Waals surface area contributed by atoms with Crippen molar-refractivity contribution in [3.8, 4) is 0 Å². The Morgan fingerprint density at radius 1 is 1.35 bits per heavy atom. The van der Waals surface area contributed by atoms with Crippen LogP contribution in [-0.2, 0) is 4.74 Å². The van der Waals surface area contributed by atoms with Crippen LogP contribution in [0.4, 0.5) is 8.78 Å². The molecule has 1 aliphatic heterocycles. The average molecular weight is 244 g/mol. The van der Waals surface area contributed by atoms with E-state index in [0.29, 0.717) is 5.56 Å². The summed E-state index contributed by atoms with van der Waals surface area (Å²) in [4.78, 5) is 0. The molecule has 0 radical (unpaired) electrons. The number of hydrogen-bond acceptors (Lipinski definition) is 3. The van der Waals surface area contributed by atoms with Gasteiger partial charge in [-0.2, -0.15) is 0 Å². The van der Waals surface area contributed by atoms with Gasteiger partial charge in [-0.3, -0.25) is 0 Å². The van der Waals surface area contributed by atoms with Crippen LogP contribution in [0.2, 0.25) is 0 Å². The lowest BCUT2D eigenvalue weighted by atomic mass is 10.0. The molecule has 0 saturated carbocycles. The largest absolute Gasteiger partial charge is 0.394 e. The second-order valence-corrected chi connectivity index (χ2v) is 4.27. The lowest BCUT2D eigenvalue weighted by Crippen LogP contribution is -2.24. The first kappa shape index (κ1) is 12.4. The molecular weight excluding hydrogens is 230 g/mol. The molecule has 1 aromatic rings. The number of aliphatic hydroxyl groups is 2. The van der Waals surface area contributed by atoms with Crippen molar-refractivity contribution in [1.29, 1.82) is 0 Å². The number of aliphatic hydroxyl groups excluding tert-OH is 2. The fourth-order valence-electron chi connectivity index (χ4n) is 2.02. The third-order valence-corrected chi connectivity index (χ3v) is 3.03. The Labute approximate surface area is 97.6 Å². The van der Waals surface area contributed by atoms with E-state index < -0.39 is 29.9 Å². The van der Waals surface area contributed by atoms with E-state index in [1.165, 1.54) is 13.0 Å². The zero-order valence-corrected chi connectivity index (χ0v) is 9.36. The van der Waals surface area contributed by atoms with Gasteiger partial charge in [-0.25, -0.2) is 8.78 Å². The van der Waals surface area contributed by atoms with E-state index in [1.54, 1.807) is 0 Å². The summed E-state index contributed by atoms with van der Waals surface area (Å²) in [6.45, 7) is 1.21. The van der Waals surface area contributed by atoms with Gasteiger partial charge in [0.25, 0.3) is 0 Å². The molecule has 17 heavy (non-hydrogen) atoms. The Balaban J connectivity index is 2.27. The van der Waals surface area contributed by atoms with Crippen molar-refractivity contribution in [2.45, 2.75) is 31.7 Å². The molecule has 3 nitrogen and oxygen atoms in total. The molecule has 3 atom stereocenters. The number of hydrogen-bond donors (Lipinski definition) is 2. The molecule has 1 aromatic carbocycles. The van der Waals surface area contributed by atoms with E-state index in [9.17, 15) is 13.9 Å². The maximum atomic E-state index is 13.6. The van der Waals surface area contributed by atoms with Crippen molar-refractivity contribution in [2.75, 3.05) is 6.61 Å². The molecule has 1 fully saturated rings. The summed E-state index contributed by atoms with van der Waals surface area (Å²) < 4.78 is 32.0. The van der Waals surface area contributed by atoms with Gasteiger partial charge in [-0.1, -0.05) is 0 Å². The molecular formula is C12H14F2O3. The Bertz CT molecular complexity index is 422. The first-order valence-corrected chi connectivity index (χ1v) is 5.43. The van der Waals surface area contributed by atoms with Gasteiger partial charge in [0.15, 0.2) is 0 Å². The lowest BCUT2D eigenvalue weighted by molar-refractivity contribution is -0.0233. The van der Waals surface area contributed by atoms with Crippen LogP contribution in [0, 0.1) is 18.6 Å². The summed E-state index contributed by atoms with van der Waals surface area (Å²) in [5.74, 6) is -1.30. The topological polar surface area (TPSA) is 49.7 Å². The highest BCUT2D eigenvalue weighted by Crippen LogP contribution is 2.35. The highest BCUT2D eigenvalue weighted by Gasteiger charge is 2.35. The monoisotopic (exact) mass is 244 g/mol. The Morgan fingerprint density at radius 3 is 2.65 bits per heavy atom. The molecule has 1 unspecified atom stereocenters. The molecule has 0 bridgehead atoms. The summed E-state index contributed by atoms with van der Waals surface area (Å²) >= 11 is 0. The van der Waals surface area contributed by atoms with Crippen molar-refractivity contribution < 1.29 is 23.7 Å². The highest BCUT2D eigenvalue weighted by molar-refractivity contribution is 5.28. The van der Waals surface area contributed by atoms with Gasteiger partial charge < -0.3 is 14.9 Å². The van der Waals surface area contributed by atoms with Gasteiger partial charge >= 0.3 is 0 Å². The van der Waals surface area contributed by atoms with Gasteiger partial charge in [-0.15, -0.1) is 0 Å². The molecule has 2 N–H and O–H groups in total. The predicted molar refractivity (Wildman–Crippen MR) is 56.4 cm³/mol. The van der Waals surface area contributed by atoms with Crippen molar-refractivity contribution in [2.24, 2.45) is 0 Å². The summed E-state index contributed by atoms with van der Waals surface area (Å²) in [7, 11) is 0. The molecule has 1 heterocycles. The number of ether oxygens (including phenoxy) is 1. The van der Waals surface area contributed by atoms with Crippen LogP contribution in [0.15, 0.2) is 12.1 Å². The third kappa shape index (κ3) is 2.31. The normalized spacial score (nSPS) is 28.6. The Hall–Kier alpha value is -1.04. The fraction of sp³-hybridized carbons (Fsp3) is 0.500. The zero-order valence-electron chi connectivity index (χ0n) is 9.36. The van der Waals surface area contributed by atoms with E-state index in [4.69, 9.17) is 9.84 Å². The summed E-state index contributed by atoms with van der Waals surface area (Å²) in [6, 6.07) is 2.19. The van der Waals surface area contributed by atoms with E-state index in [1.807, 2.05) is 0 Å². The average Bonchev–Trinajstić information content (AvgIpc) is 2.65. The first-order chi connectivity index (χ1) is 8.02. The second-order valence-electron chi connectivity index (χ2n) is 4.27. The van der Waals surface area contributed by atoms with Crippen LogP contribution in [0.25, 0.3) is 0 Å².